The monoisotopic (exact) mass is 258 g/mol. The van der Waals surface area contributed by atoms with Crippen LogP contribution in [0.3, 0.4) is 0 Å². The van der Waals surface area contributed by atoms with Crippen molar-refractivity contribution in [1.82, 2.24) is 5.32 Å². The van der Waals surface area contributed by atoms with Gasteiger partial charge in [0.05, 0.1) is 0 Å². The summed E-state index contributed by atoms with van der Waals surface area (Å²) in [7, 11) is 0. The standard InChI is InChI=1S/C16H22N2O/c1-11-5-4-7-13(11)10-17-16(19)15-9-12-6-2-3-8-14(12)18-15/h2-3,6,8,11,13,15,18H,4-5,7,9-10H2,1H3,(H,17,19). The lowest BCUT2D eigenvalue weighted by Gasteiger charge is -2.18. The van der Waals surface area contributed by atoms with Crippen LogP contribution in [0.4, 0.5) is 5.69 Å². The molecule has 1 amide bonds. The van der Waals surface area contributed by atoms with Gasteiger partial charge in [-0.15, -0.1) is 0 Å². The average molecular weight is 258 g/mol. The Hall–Kier alpha value is -1.51. The van der Waals surface area contributed by atoms with Crippen LogP contribution in [0.15, 0.2) is 24.3 Å². The summed E-state index contributed by atoms with van der Waals surface area (Å²) in [5, 5.41) is 6.44. The first-order valence-electron chi connectivity index (χ1n) is 7.36. The van der Waals surface area contributed by atoms with Gasteiger partial charge in [0.1, 0.15) is 6.04 Å². The van der Waals surface area contributed by atoms with Crippen LogP contribution in [0.5, 0.6) is 0 Å². The Morgan fingerprint density at radius 3 is 2.95 bits per heavy atom. The third kappa shape index (κ3) is 2.60. The molecule has 1 heterocycles. The molecule has 1 aliphatic carbocycles. The van der Waals surface area contributed by atoms with Gasteiger partial charge in [0.2, 0.25) is 5.91 Å². The smallest absolute Gasteiger partial charge is 0.242 e. The highest BCUT2D eigenvalue weighted by Gasteiger charge is 2.28. The Bertz CT molecular complexity index is 447. The molecule has 0 saturated heterocycles. The first-order valence-corrected chi connectivity index (χ1v) is 7.36. The Labute approximate surface area is 114 Å². The molecule has 0 radical (unpaired) electrons. The molecule has 3 unspecified atom stereocenters. The minimum atomic E-state index is -0.0888. The fourth-order valence-corrected chi connectivity index (χ4v) is 3.34. The number of hydrogen-bond acceptors (Lipinski definition) is 2. The highest BCUT2D eigenvalue weighted by molar-refractivity contribution is 5.87. The second-order valence-corrected chi connectivity index (χ2v) is 5.97. The minimum absolute atomic E-state index is 0.0888. The predicted octanol–water partition coefficient (Wildman–Crippen LogP) is 2.58. The van der Waals surface area contributed by atoms with E-state index < -0.39 is 0 Å². The summed E-state index contributed by atoms with van der Waals surface area (Å²) in [5.41, 5.74) is 2.36. The minimum Gasteiger partial charge on any atom is -0.373 e. The molecule has 2 aliphatic rings. The zero-order valence-electron chi connectivity index (χ0n) is 11.5. The van der Waals surface area contributed by atoms with Crippen molar-refractivity contribution < 1.29 is 4.79 Å². The maximum absolute atomic E-state index is 12.2. The molecular weight excluding hydrogens is 236 g/mol. The van der Waals surface area contributed by atoms with Crippen LogP contribution >= 0.6 is 0 Å². The van der Waals surface area contributed by atoms with Crippen molar-refractivity contribution in [3.8, 4) is 0 Å². The van der Waals surface area contributed by atoms with E-state index in [1.165, 1.54) is 24.8 Å². The molecule has 1 saturated carbocycles. The van der Waals surface area contributed by atoms with Crippen LogP contribution in [0.2, 0.25) is 0 Å². The zero-order valence-corrected chi connectivity index (χ0v) is 11.5. The molecule has 1 aliphatic heterocycles. The summed E-state index contributed by atoms with van der Waals surface area (Å²) in [4.78, 5) is 12.2. The molecule has 2 N–H and O–H groups in total. The number of fused-ring (bicyclic) bond motifs is 1. The number of benzene rings is 1. The molecule has 0 aromatic heterocycles. The van der Waals surface area contributed by atoms with E-state index in [1.807, 2.05) is 18.2 Å². The van der Waals surface area contributed by atoms with Crippen molar-refractivity contribution in [1.29, 1.82) is 0 Å². The number of nitrogens with one attached hydrogen (secondary N) is 2. The molecule has 0 bridgehead atoms. The van der Waals surface area contributed by atoms with E-state index in [1.54, 1.807) is 0 Å². The molecule has 1 fully saturated rings. The van der Waals surface area contributed by atoms with Crippen LogP contribution < -0.4 is 10.6 Å². The van der Waals surface area contributed by atoms with Gasteiger partial charge in [-0.05, 0) is 29.9 Å². The molecule has 102 valence electrons. The lowest BCUT2D eigenvalue weighted by molar-refractivity contribution is -0.121. The Balaban J connectivity index is 1.52. The first kappa shape index (κ1) is 12.5. The summed E-state index contributed by atoms with van der Waals surface area (Å²) in [6.07, 6.45) is 4.70. The van der Waals surface area contributed by atoms with Gasteiger partial charge >= 0.3 is 0 Å². The van der Waals surface area contributed by atoms with Crippen molar-refractivity contribution in [2.45, 2.75) is 38.6 Å². The lowest BCUT2D eigenvalue weighted by atomic mass is 9.98. The van der Waals surface area contributed by atoms with Gasteiger partial charge in [-0.2, -0.15) is 0 Å². The largest absolute Gasteiger partial charge is 0.373 e. The zero-order chi connectivity index (χ0) is 13.2. The van der Waals surface area contributed by atoms with Crippen molar-refractivity contribution in [2.24, 2.45) is 11.8 Å². The molecule has 3 rings (SSSR count). The van der Waals surface area contributed by atoms with E-state index in [9.17, 15) is 4.79 Å². The van der Waals surface area contributed by atoms with Crippen LogP contribution in [0.1, 0.15) is 31.7 Å². The molecule has 19 heavy (non-hydrogen) atoms. The summed E-state index contributed by atoms with van der Waals surface area (Å²) < 4.78 is 0. The highest BCUT2D eigenvalue weighted by Crippen LogP contribution is 2.30. The average Bonchev–Trinajstić information content (AvgIpc) is 3.01. The van der Waals surface area contributed by atoms with Crippen molar-refractivity contribution in [2.75, 3.05) is 11.9 Å². The Kier molecular flexibility index (Phi) is 3.45. The second-order valence-electron chi connectivity index (χ2n) is 5.97. The van der Waals surface area contributed by atoms with E-state index in [0.29, 0.717) is 5.92 Å². The Morgan fingerprint density at radius 2 is 2.21 bits per heavy atom. The number of carbonyl (C=O) groups excluding carboxylic acids is 1. The molecule has 3 heteroatoms. The van der Waals surface area contributed by atoms with E-state index in [-0.39, 0.29) is 11.9 Å². The van der Waals surface area contributed by atoms with Crippen LogP contribution in [-0.2, 0) is 11.2 Å². The number of carbonyl (C=O) groups is 1. The van der Waals surface area contributed by atoms with Crippen LogP contribution in [-0.4, -0.2) is 18.5 Å². The predicted molar refractivity (Wildman–Crippen MR) is 77.1 cm³/mol. The molecule has 1 aromatic rings. The summed E-state index contributed by atoms with van der Waals surface area (Å²) in [5.74, 6) is 1.58. The van der Waals surface area contributed by atoms with Gasteiger partial charge in [-0.25, -0.2) is 0 Å². The van der Waals surface area contributed by atoms with E-state index in [2.05, 4.69) is 23.6 Å². The fourth-order valence-electron chi connectivity index (χ4n) is 3.34. The molecular formula is C16H22N2O. The van der Waals surface area contributed by atoms with E-state index in [0.717, 1.165) is 24.6 Å². The SMILES string of the molecule is CC1CCCC1CNC(=O)C1Cc2ccccc2N1. The quantitative estimate of drug-likeness (QED) is 0.875. The van der Waals surface area contributed by atoms with Gasteiger partial charge in [0.15, 0.2) is 0 Å². The number of para-hydroxylation sites is 1. The van der Waals surface area contributed by atoms with Gasteiger partial charge in [-0.1, -0.05) is 38.0 Å². The first-order chi connectivity index (χ1) is 9.24. The highest BCUT2D eigenvalue weighted by atomic mass is 16.2. The van der Waals surface area contributed by atoms with Gasteiger partial charge in [0, 0.05) is 18.7 Å². The lowest BCUT2D eigenvalue weighted by Crippen LogP contribution is -2.40. The van der Waals surface area contributed by atoms with Gasteiger partial charge in [-0.3, -0.25) is 4.79 Å². The fraction of sp³-hybridized carbons (Fsp3) is 0.562. The molecule has 1 aromatic carbocycles. The molecule has 3 atom stereocenters. The maximum atomic E-state index is 12.2. The summed E-state index contributed by atoms with van der Waals surface area (Å²) in [6, 6.07) is 8.08. The molecule has 3 nitrogen and oxygen atoms in total. The van der Waals surface area contributed by atoms with Crippen LogP contribution in [0, 0.1) is 11.8 Å². The summed E-state index contributed by atoms with van der Waals surface area (Å²) >= 11 is 0. The normalized spacial score (nSPS) is 28.8. The van der Waals surface area contributed by atoms with Crippen LogP contribution in [0.25, 0.3) is 0 Å². The maximum Gasteiger partial charge on any atom is 0.242 e. The number of anilines is 1. The topological polar surface area (TPSA) is 41.1 Å². The van der Waals surface area contributed by atoms with Gasteiger partial charge < -0.3 is 10.6 Å². The van der Waals surface area contributed by atoms with Crippen molar-refractivity contribution >= 4 is 11.6 Å². The summed E-state index contributed by atoms with van der Waals surface area (Å²) in [6.45, 7) is 3.14. The second kappa shape index (κ2) is 5.24. The van der Waals surface area contributed by atoms with E-state index >= 15 is 0 Å². The van der Waals surface area contributed by atoms with Gasteiger partial charge in [0.25, 0.3) is 0 Å². The number of rotatable bonds is 3. The third-order valence-corrected chi connectivity index (χ3v) is 4.67. The van der Waals surface area contributed by atoms with Crippen molar-refractivity contribution in [3.05, 3.63) is 29.8 Å². The van der Waals surface area contributed by atoms with E-state index in [4.69, 9.17) is 0 Å². The number of amides is 1. The number of hydrogen-bond donors (Lipinski definition) is 2. The van der Waals surface area contributed by atoms with Crippen molar-refractivity contribution in [3.63, 3.8) is 0 Å². The molecule has 0 spiro atoms. The third-order valence-electron chi connectivity index (χ3n) is 4.67. The Morgan fingerprint density at radius 1 is 1.37 bits per heavy atom.